The highest BCUT2D eigenvalue weighted by Gasteiger charge is 2.38. The first-order chi connectivity index (χ1) is 12.4. The fourth-order valence-corrected chi connectivity index (χ4v) is 3.07. The van der Waals surface area contributed by atoms with Gasteiger partial charge < -0.3 is 15.1 Å². The minimum atomic E-state index is -0.214. The fraction of sp³-hybridized carbons (Fsp3) is 0.350. The second-order valence-electron chi connectivity index (χ2n) is 7.39. The van der Waals surface area contributed by atoms with Crippen LogP contribution < -0.4 is 10.6 Å². The Morgan fingerprint density at radius 2 is 1.96 bits per heavy atom. The second-order valence-corrected chi connectivity index (χ2v) is 7.39. The fourth-order valence-electron chi connectivity index (χ4n) is 3.07. The Bertz CT molecular complexity index is 1020. The Balaban J connectivity index is 1.76. The number of carbonyl (C=O) groups excluding carboxylic acids is 1. The Morgan fingerprint density at radius 3 is 2.69 bits per heavy atom. The van der Waals surface area contributed by atoms with E-state index in [0.717, 1.165) is 29.7 Å². The first-order valence-corrected chi connectivity index (χ1v) is 8.77. The SMILES string of the molecule is Cc1ccc(C)c(NC(=O)c2c(C)oc3ncnc(NC4(C)CC4)c23)c1. The topological polar surface area (TPSA) is 80.1 Å². The van der Waals surface area contributed by atoms with Gasteiger partial charge in [0.05, 0.1) is 10.9 Å². The van der Waals surface area contributed by atoms with E-state index in [0.29, 0.717) is 28.2 Å². The largest absolute Gasteiger partial charge is 0.442 e. The lowest BCUT2D eigenvalue weighted by atomic mass is 10.1. The van der Waals surface area contributed by atoms with Crippen LogP contribution in [0.25, 0.3) is 11.1 Å². The molecule has 0 atom stereocenters. The maximum absolute atomic E-state index is 13.1. The number of nitrogens with one attached hydrogen (secondary N) is 2. The highest BCUT2D eigenvalue weighted by molar-refractivity contribution is 6.15. The highest BCUT2D eigenvalue weighted by atomic mass is 16.3. The number of benzene rings is 1. The monoisotopic (exact) mass is 350 g/mol. The van der Waals surface area contributed by atoms with Crippen LogP contribution in [0.3, 0.4) is 0 Å². The minimum absolute atomic E-state index is 0.0351. The zero-order valence-corrected chi connectivity index (χ0v) is 15.4. The lowest BCUT2D eigenvalue weighted by molar-refractivity contribution is 0.102. The molecule has 1 aliphatic rings. The highest BCUT2D eigenvalue weighted by Crippen LogP contribution is 2.40. The summed E-state index contributed by atoms with van der Waals surface area (Å²) in [7, 11) is 0. The number of anilines is 2. The van der Waals surface area contributed by atoms with Crippen LogP contribution in [-0.2, 0) is 0 Å². The van der Waals surface area contributed by atoms with Crippen LogP contribution in [0.1, 0.15) is 47.0 Å². The summed E-state index contributed by atoms with van der Waals surface area (Å²) < 4.78 is 5.74. The molecule has 26 heavy (non-hydrogen) atoms. The first kappa shape index (κ1) is 16.6. The van der Waals surface area contributed by atoms with Gasteiger partial charge in [-0.3, -0.25) is 4.79 Å². The van der Waals surface area contributed by atoms with Gasteiger partial charge in [0.2, 0.25) is 5.71 Å². The van der Waals surface area contributed by atoms with Crippen LogP contribution in [0.2, 0.25) is 0 Å². The van der Waals surface area contributed by atoms with Gasteiger partial charge in [0.15, 0.2) is 0 Å². The Morgan fingerprint density at radius 1 is 1.19 bits per heavy atom. The van der Waals surface area contributed by atoms with E-state index in [-0.39, 0.29) is 11.4 Å². The molecule has 6 heteroatoms. The van der Waals surface area contributed by atoms with Crippen LogP contribution in [-0.4, -0.2) is 21.4 Å². The Kier molecular flexibility index (Phi) is 3.72. The van der Waals surface area contributed by atoms with Crippen molar-refractivity contribution in [2.24, 2.45) is 0 Å². The van der Waals surface area contributed by atoms with Gasteiger partial charge in [-0.2, -0.15) is 0 Å². The van der Waals surface area contributed by atoms with Crippen molar-refractivity contribution in [3.63, 3.8) is 0 Å². The second kappa shape index (κ2) is 5.83. The number of aromatic nitrogens is 2. The maximum Gasteiger partial charge on any atom is 0.260 e. The van der Waals surface area contributed by atoms with Gasteiger partial charge in [-0.05, 0) is 57.7 Å². The molecule has 1 aromatic carbocycles. The van der Waals surface area contributed by atoms with Crippen LogP contribution in [0.4, 0.5) is 11.5 Å². The van der Waals surface area contributed by atoms with Crippen molar-refractivity contribution in [2.75, 3.05) is 10.6 Å². The summed E-state index contributed by atoms with van der Waals surface area (Å²) in [5, 5.41) is 7.09. The molecule has 0 saturated heterocycles. The van der Waals surface area contributed by atoms with E-state index < -0.39 is 0 Å². The van der Waals surface area contributed by atoms with Gasteiger partial charge in [0.25, 0.3) is 5.91 Å². The van der Waals surface area contributed by atoms with E-state index in [4.69, 9.17) is 4.42 Å². The van der Waals surface area contributed by atoms with Gasteiger partial charge in [-0.25, -0.2) is 9.97 Å². The van der Waals surface area contributed by atoms with Crippen molar-refractivity contribution >= 4 is 28.5 Å². The molecule has 1 fully saturated rings. The molecule has 2 heterocycles. The molecule has 2 aromatic heterocycles. The average Bonchev–Trinajstić information content (AvgIpc) is 3.19. The number of hydrogen-bond acceptors (Lipinski definition) is 5. The molecule has 1 amide bonds. The van der Waals surface area contributed by atoms with Gasteiger partial charge in [-0.15, -0.1) is 0 Å². The van der Waals surface area contributed by atoms with Crippen molar-refractivity contribution in [2.45, 2.75) is 46.1 Å². The maximum atomic E-state index is 13.1. The molecule has 0 bridgehead atoms. The molecular formula is C20H22N4O2. The van der Waals surface area contributed by atoms with Crippen LogP contribution >= 0.6 is 0 Å². The van der Waals surface area contributed by atoms with Crippen molar-refractivity contribution in [1.82, 2.24) is 9.97 Å². The third kappa shape index (κ3) is 2.92. The quantitative estimate of drug-likeness (QED) is 0.730. The Hall–Kier alpha value is -2.89. The zero-order chi connectivity index (χ0) is 18.5. The lowest BCUT2D eigenvalue weighted by Crippen LogP contribution is -2.18. The van der Waals surface area contributed by atoms with Gasteiger partial charge >= 0.3 is 0 Å². The number of rotatable bonds is 4. The van der Waals surface area contributed by atoms with E-state index >= 15 is 0 Å². The third-order valence-corrected chi connectivity index (χ3v) is 4.95. The Labute approximate surface area is 152 Å². The molecule has 4 rings (SSSR count). The van der Waals surface area contributed by atoms with E-state index in [1.807, 2.05) is 32.0 Å². The summed E-state index contributed by atoms with van der Waals surface area (Å²) >= 11 is 0. The van der Waals surface area contributed by atoms with Crippen LogP contribution in [0.15, 0.2) is 28.9 Å². The molecule has 0 spiro atoms. The normalized spacial score (nSPS) is 15.1. The van der Waals surface area contributed by atoms with Crippen molar-refractivity contribution in [3.8, 4) is 0 Å². The van der Waals surface area contributed by atoms with E-state index in [9.17, 15) is 4.79 Å². The molecule has 3 aromatic rings. The molecule has 2 N–H and O–H groups in total. The first-order valence-electron chi connectivity index (χ1n) is 8.77. The number of aryl methyl sites for hydroxylation is 3. The molecule has 1 aliphatic carbocycles. The summed E-state index contributed by atoms with van der Waals surface area (Å²) in [5.41, 5.74) is 3.84. The molecule has 1 saturated carbocycles. The third-order valence-electron chi connectivity index (χ3n) is 4.95. The summed E-state index contributed by atoms with van der Waals surface area (Å²) in [5.74, 6) is 0.971. The molecule has 6 nitrogen and oxygen atoms in total. The number of furan rings is 1. The molecule has 0 aliphatic heterocycles. The molecular weight excluding hydrogens is 328 g/mol. The number of fused-ring (bicyclic) bond motifs is 1. The molecule has 134 valence electrons. The molecule has 0 unspecified atom stereocenters. The van der Waals surface area contributed by atoms with Crippen molar-refractivity contribution in [1.29, 1.82) is 0 Å². The number of carbonyl (C=O) groups is 1. The summed E-state index contributed by atoms with van der Waals surface area (Å²) in [6, 6.07) is 5.98. The smallest absolute Gasteiger partial charge is 0.260 e. The minimum Gasteiger partial charge on any atom is -0.442 e. The summed E-state index contributed by atoms with van der Waals surface area (Å²) in [6.07, 6.45) is 3.63. The predicted octanol–water partition coefficient (Wildman–Crippen LogP) is 4.36. The van der Waals surface area contributed by atoms with E-state index in [1.54, 1.807) is 6.92 Å². The van der Waals surface area contributed by atoms with Gasteiger partial charge in [0.1, 0.15) is 17.9 Å². The standard InChI is InChI=1S/C20H22N4O2/c1-11-5-6-12(2)14(9-11)23-18(25)15-13(3)26-19-16(15)17(21-10-22-19)24-20(4)7-8-20/h5-6,9-10H,7-8H2,1-4H3,(H,23,25)(H,21,22,24). The predicted molar refractivity (Wildman–Crippen MR) is 102 cm³/mol. The number of nitrogens with zero attached hydrogens (tertiary/aromatic N) is 2. The van der Waals surface area contributed by atoms with Crippen molar-refractivity contribution in [3.05, 3.63) is 47.0 Å². The van der Waals surface area contributed by atoms with Crippen LogP contribution in [0.5, 0.6) is 0 Å². The van der Waals surface area contributed by atoms with Gasteiger partial charge in [0, 0.05) is 11.2 Å². The van der Waals surface area contributed by atoms with Crippen molar-refractivity contribution < 1.29 is 9.21 Å². The summed E-state index contributed by atoms with van der Waals surface area (Å²) in [4.78, 5) is 21.6. The van der Waals surface area contributed by atoms with Gasteiger partial charge in [-0.1, -0.05) is 12.1 Å². The van der Waals surface area contributed by atoms with E-state index in [1.165, 1.54) is 6.33 Å². The zero-order valence-electron chi connectivity index (χ0n) is 15.4. The number of hydrogen-bond donors (Lipinski definition) is 2. The summed E-state index contributed by atoms with van der Waals surface area (Å²) in [6.45, 7) is 7.89. The average molecular weight is 350 g/mol. The lowest BCUT2D eigenvalue weighted by Gasteiger charge is -2.13. The van der Waals surface area contributed by atoms with Crippen LogP contribution in [0, 0.1) is 20.8 Å². The van der Waals surface area contributed by atoms with E-state index in [2.05, 4.69) is 27.5 Å². The molecule has 0 radical (unpaired) electrons. The number of amides is 1.